The van der Waals surface area contributed by atoms with Crippen molar-refractivity contribution in [1.82, 2.24) is 15.6 Å². The molecule has 4 heteroatoms. The zero-order valence-corrected chi connectivity index (χ0v) is 12.8. The third-order valence-corrected chi connectivity index (χ3v) is 3.40. The van der Waals surface area contributed by atoms with Crippen molar-refractivity contribution in [2.75, 3.05) is 13.1 Å². The van der Waals surface area contributed by atoms with Crippen LogP contribution in [0.3, 0.4) is 0 Å². The van der Waals surface area contributed by atoms with Crippen LogP contribution in [0.2, 0.25) is 0 Å². The average Bonchev–Trinajstić information content (AvgIpc) is 2.58. The second kappa shape index (κ2) is 9.68. The van der Waals surface area contributed by atoms with Crippen molar-refractivity contribution in [3.63, 3.8) is 0 Å². The Morgan fingerprint density at radius 1 is 1.00 bits per heavy atom. The van der Waals surface area contributed by atoms with Gasteiger partial charge in [0.05, 0.1) is 0 Å². The van der Waals surface area contributed by atoms with E-state index >= 15 is 0 Å². The third-order valence-electron chi connectivity index (χ3n) is 3.40. The summed E-state index contributed by atoms with van der Waals surface area (Å²) in [5, 5.41) is 6.21. The highest BCUT2D eigenvalue weighted by Gasteiger charge is 2.01. The summed E-state index contributed by atoms with van der Waals surface area (Å²) in [5.74, 6) is 0.0689. The topological polar surface area (TPSA) is 54.0 Å². The van der Waals surface area contributed by atoms with Crippen molar-refractivity contribution < 1.29 is 4.79 Å². The fourth-order valence-electron chi connectivity index (χ4n) is 2.18. The van der Waals surface area contributed by atoms with Crippen LogP contribution in [0.4, 0.5) is 0 Å². The predicted molar refractivity (Wildman–Crippen MR) is 88.3 cm³/mol. The molecular formula is C18H23N3O. The van der Waals surface area contributed by atoms with E-state index in [9.17, 15) is 4.79 Å². The largest absolute Gasteiger partial charge is 0.352 e. The summed E-state index contributed by atoms with van der Waals surface area (Å²) in [6.07, 6.45) is 6.15. The number of hydrogen-bond acceptors (Lipinski definition) is 3. The number of aryl methyl sites for hydroxylation is 1. The van der Waals surface area contributed by atoms with Gasteiger partial charge in [-0.3, -0.25) is 9.78 Å². The van der Waals surface area contributed by atoms with Crippen molar-refractivity contribution in [2.45, 2.75) is 25.8 Å². The molecule has 0 radical (unpaired) electrons. The number of carbonyl (C=O) groups excluding carboxylic acids is 1. The van der Waals surface area contributed by atoms with Gasteiger partial charge in [0, 0.05) is 31.9 Å². The summed E-state index contributed by atoms with van der Waals surface area (Å²) in [7, 11) is 0. The fourth-order valence-corrected chi connectivity index (χ4v) is 2.18. The highest BCUT2D eigenvalue weighted by molar-refractivity contribution is 5.76. The predicted octanol–water partition coefficient (Wildman–Crippen LogP) is 2.31. The minimum Gasteiger partial charge on any atom is -0.352 e. The van der Waals surface area contributed by atoms with Crippen LogP contribution in [0.1, 0.15) is 24.0 Å². The summed E-state index contributed by atoms with van der Waals surface area (Å²) in [6.45, 7) is 2.19. The van der Waals surface area contributed by atoms with Gasteiger partial charge in [0.15, 0.2) is 0 Å². The van der Waals surface area contributed by atoms with Crippen molar-refractivity contribution in [3.05, 3.63) is 66.0 Å². The van der Waals surface area contributed by atoms with Crippen LogP contribution in [-0.4, -0.2) is 24.0 Å². The van der Waals surface area contributed by atoms with Gasteiger partial charge in [-0.1, -0.05) is 36.4 Å². The number of aromatic nitrogens is 1. The molecule has 2 N–H and O–H groups in total. The number of pyridine rings is 1. The van der Waals surface area contributed by atoms with E-state index in [0.717, 1.165) is 24.9 Å². The Morgan fingerprint density at radius 3 is 2.59 bits per heavy atom. The molecular weight excluding hydrogens is 274 g/mol. The van der Waals surface area contributed by atoms with Gasteiger partial charge in [-0.15, -0.1) is 0 Å². The lowest BCUT2D eigenvalue weighted by molar-refractivity contribution is -0.121. The first-order valence-corrected chi connectivity index (χ1v) is 7.75. The molecule has 0 spiro atoms. The minimum absolute atomic E-state index is 0.0689. The van der Waals surface area contributed by atoms with Gasteiger partial charge in [-0.05, 0) is 36.6 Å². The van der Waals surface area contributed by atoms with Crippen molar-refractivity contribution in [1.29, 1.82) is 0 Å². The van der Waals surface area contributed by atoms with Crippen LogP contribution in [0.15, 0.2) is 54.9 Å². The third kappa shape index (κ3) is 6.50. The summed E-state index contributed by atoms with van der Waals surface area (Å²) in [5.41, 5.74) is 2.38. The minimum atomic E-state index is 0.0689. The zero-order valence-electron chi connectivity index (χ0n) is 12.8. The first-order valence-electron chi connectivity index (χ1n) is 7.75. The molecule has 22 heavy (non-hydrogen) atoms. The molecule has 0 unspecified atom stereocenters. The molecule has 2 aromatic rings. The molecule has 0 aliphatic carbocycles. The van der Waals surface area contributed by atoms with E-state index in [2.05, 4.69) is 39.9 Å². The second-order valence-electron chi connectivity index (χ2n) is 5.23. The second-order valence-corrected chi connectivity index (χ2v) is 5.23. The number of amides is 1. The van der Waals surface area contributed by atoms with Crippen LogP contribution >= 0.6 is 0 Å². The normalized spacial score (nSPS) is 10.4. The number of carbonyl (C=O) groups is 1. The smallest absolute Gasteiger partial charge is 0.221 e. The molecule has 0 fully saturated rings. The molecule has 2 rings (SSSR count). The van der Waals surface area contributed by atoms with Crippen LogP contribution in [-0.2, 0) is 17.8 Å². The Balaban J connectivity index is 1.49. The Morgan fingerprint density at radius 2 is 1.82 bits per heavy atom. The summed E-state index contributed by atoms with van der Waals surface area (Å²) in [6, 6.07) is 14.3. The van der Waals surface area contributed by atoms with Crippen LogP contribution < -0.4 is 10.6 Å². The molecule has 0 aliphatic heterocycles. The van der Waals surface area contributed by atoms with Crippen molar-refractivity contribution in [3.8, 4) is 0 Å². The summed E-state index contributed by atoms with van der Waals surface area (Å²) >= 11 is 0. The Labute approximate surface area is 132 Å². The lowest BCUT2D eigenvalue weighted by atomic mass is 10.1. The number of nitrogens with zero attached hydrogens (tertiary/aromatic N) is 1. The van der Waals surface area contributed by atoms with Gasteiger partial charge in [0.25, 0.3) is 0 Å². The molecule has 4 nitrogen and oxygen atoms in total. The van der Waals surface area contributed by atoms with E-state index < -0.39 is 0 Å². The van der Waals surface area contributed by atoms with E-state index in [1.54, 1.807) is 12.4 Å². The first kappa shape index (κ1) is 16.2. The van der Waals surface area contributed by atoms with E-state index in [0.29, 0.717) is 19.5 Å². The van der Waals surface area contributed by atoms with Crippen LogP contribution in [0.25, 0.3) is 0 Å². The first-order chi connectivity index (χ1) is 10.8. The average molecular weight is 297 g/mol. The van der Waals surface area contributed by atoms with Crippen molar-refractivity contribution >= 4 is 5.91 Å². The summed E-state index contributed by atoms with van der Waals surface area (Å²) in [4.78, 5) is 15.7. The van der Waals surface area contributed by atoms with Gasteiger partial charge < -0.3 is 10.6 Å². The maximum absolute atomic E-state index is 11.7. The molecule has 0 saturated heterocycles. The van der Waals surface area contributed by atoms with Gasteiger partial charge in [-0.25, -0.2) is 0 Å². The molecule has 0 aliphatic rings. The highest BCUT2D eigenvalue weighted by Crippen LogP contribution is 2.01. The van der Waals surface area contributed by atoms with E-state index in [1.807, 2.05) is 18.2 Å². The van der Waals surface area contributed by atoms with Crippen LogP contribution in [0, 0.1) is 0 Å². The van der Waals surface area contributed by atoms with Crippen molar-refractivity contribution in [2.24, 2.45) is 0 Å². The molecule has 1 amide bonds. The monoisotopic (exact) mass is 297 g/mol. The Kier molecular flexibility index (Phi) is 7.12. The number of nitrogens with one attached hydrogen (secondary N) is 2. The summed E-state index contributed by atoms with van der Waals surface area (Å²) < 4.78 is 0. The quantitative estimate of drug-likeness (QED) is 0.698. The fraction of sp³-hybridized carbons (Fsp3) is 0.333. The van der Waals surface area contributed by atoms with Gasteiger partial charge in [0.2, 0.25) is 5.91 Å². The maximum atomic E-state index is 11.7. The lowest BCUT2D eigenvalue weighted by Crippen LogP contribution is -2.27. The molecule has 1 aromatic carbocycles. The van der Waals surface area contributed by atoms with Gasteiger partial charge in [-0.2, -0.15) is 0 Å². The lowest BCUT2D eigenvalue weighted by Gasteiger charge is -2.06. The van der Waals surface area contributed by atoms with E-state index in [1.165, 1.54) is 5.56 Å². The molecule has 0 atom stereocenters. The Bertz CT molecular complexity index is 543. The maximum Gasteiger partial charge on any atom is 0.221 e. The number of rotatable bonds is 9. The number of hydrogen-bond donors (Lipinski definition) is 2. The highest BCUT2D eigenvalue weighted by atomic mass is 16.1. The van der Waals surface area contributed by atoms with Crippen LogP contribution in [0.5, 0.6) is 0 Å². The van der Waals surface area contributed by atoms with E-state index in [4.69, 9.17) is 0 Å². The van der Waals surface area contributed by atoms with Gasteiger partial charge in [0.1, 0.15) is 0 Å². The van der Waals surface area contributed by atoms with Gasteiger partial charge >= 0.3 is 0 Å². The zero-order chi connectivity index (χ0) is 15.5. The number of benzene rings is 1. The Hall–Kier alpha value is -2.20. The van der Waals surface area contributed by atoms with E-state index in [-0.39, 0.29) is 5.91 Å². The molecule has 116 valence electrons. The molecule has 0 saturated carbocycles. The molecule has 1 aromatic heterocycles. The molecule has 0 bridgehead atoms. The SMILES string of the molecule is O=C(CCNCCCc1ccccc1)NCc1cccnc1. The molecule has 1 heterocycles. The standard InChI is InChI=1S/C18H23N3O/c22-18(21-15-17-9-5-12-20-14-17)10-13-19-11-4-8-16-6-2-1-3-7-16/h1-3,5-7,9,12,14,19H,4,8,10-11,13,15H2,(H,21,22).